The van der Waals surface area contributed by atoms with Crippen molar-refractivity contribution in [1.82, 2.24) is 0 Å². The number of rotatable bonds is 10. The molecule has 0 aromatic heterocycles. The van der Waals surface area contributed by atoms with Crippen LogP contribution in [0.4, 0.5) is 0 Å². The number of carboxylic acids is 1. The highest BCUT2D eigenvalue weighted by atomic mass is 35.5. The molecule has 0 fully saturated rings. The van der Waals surface area contributed by atoms with Gasteiger partial charge < -0.3 is 9.84 Å². The van der Waals surface area contributed by atoms with Crippen molar-refractivity contribution in [3.05, 3.63) is 0 Å². The Morgan fingerprint density at radius 2 is 1.41 bits per heavy atom. The van der Waals surface area contributed by atoms with E-state index in [-0.39, 0.29) is 24.8 Å². The molecule has 0 heterocycles. The maximum atomic E-state index is 11.0. The first-order valence-electron chi connectivity index (χ1n) is 6.04. The van der Waals surface area contributed by atoms with E-state index in [0.717, 1.165) is 38.5 Å². The molecule has 0 aliphatic rings. The third-order valence-electron chi connectivity index (χ3n) is 2.33. The number of unbranched alkanes of at least 4 members (excludes halogenated alkanes) is 5. The second kappa shape index (κ2) is 13.3. The van der Waals surface area contributed by atoms with E-state index in [9.17, 15) is 9.59 Å². The highest BCUT2D eigenvalue weighted by Crippen LogP contribution is 2.08. The first-order chi connectivity index (χ1) is 7.66. The lowest BCUT2D eigenvalue weighted by Crippen LogP contribution is -2.03. The number of esters is 1. The zero-order chi connectivity index (χ0) is 12.2. The Hall–Kier alpha value is -0.770. The quantitative estimate of drug-likeness (QED) is 0.487. The van der Waals surface area contributed by atoms with Gasteiger partial charge in [0, 0.05) is 12.8 Å². The molecule has 0 spiro atoms. The number of carbonyl (C=O) groups excluding carboxylic acids is 1. The smallest absolute Gasteiger partial charge is 0.305 e. The summed E-state index contributed by atoms with van der Waals surface area (Å²) in [5.74, 6) is -0.837. The first kappa shape index (κ1) is 18.6. The molecule has 0 aliphatic carbocycles. The predicted molar refractivity (Wildman–Crippen MR) is 68.5 cm³/mol. The molecular formula is C12H23ClO4. The molecule has 102 valence electrons. The van der Waals surface area contributed by atoms with Crippen LogP contribution in [0.1, 0.15) is 58.3 Å². The fourth-order valence-electron chi connectivity index (χ4n) is 1.49. The zero-order valence-electron chi connectivity index (χ0n) is 10.4. The minimum Gasteiger partial charge on any atom is -0.481 e. The van der Waals surface area contributed by atoms with Crippen LogP contribution in [0.15, 0.2) is 0 Å². The molecule has 0 rings (SSSR count). The van der Waals surface area contributed by atoms with E-state index in [2.05, 4.69) is 0 Å². The van der Waals surface area contributed by atoms with Gasteiger partial charge >= 0.3 is 11.9 Å². The van der Waals surface area contributed by atoms with E-state index in [1.165, 1.54) is 0 Å². The Morgan fingerprint density at radius 3 is 1.88 bits per heavy atom. The average Bonchev–Trinajstić information content (AvgIpc) is 2.22. The van der Waals surface area contributed by atoms with Gasteiger partial charge in [-0.2, -0.15) is 0 Å². The van der Waals surface area contributed by atoms with Crippen LogP contribution in [-0.4, -0.2) is 23.7 Å². The Balaban J connectivity index is 0. The Bertz CT molecular complexity index is 207. The summed E-state index contributed by atoms with van der Waals surface area (Å²) >= 11 is 0. The molecule has 5 heteroatoms. The van der Waals surface area contributed by atoms with E-state index in [0.29, 0.717) is 13.0 Å². The Morgan fingerprint density at radius 1 is 0.941 bits per heavy atom. The number of hydrogen-bond donors (Lipinski definition) is 1. The van der Waals surface area contributed by atoms with Gasteiger partial charge in [0.05, 0.1) is 6.61 Å². The van der Waals surface area contributed by atoms with Crippen molar-refractivity contribution >= 4 is 24.3 Å². The van der Waals surface area contributed by atoms with Gasteiger partial charge in [0.2, 0.25) is 0 Å². The molecule has 4 nitrogen and oxygen atoms in total. The standard InChI is InChI=1S/C12H22O4.ClH/c1-2-16-12(15)10-8-6-4-3-5-7-9-11(13)14;/h2-10H2,1H3,(H,13,14);1H. The van der Waals surface area contributed by atoms with E-state index in [1.807, 2.05) is 0 Å². The molecular weight excluding hydrogens is 244 g/mol. The van der Waals surface area contributed by atoms with Gasteiger partial charge in [0.1, 0.15) is 0 Å². The van der Waals surface area contributed by atoms with Gasteiger partial charge in [0.25, 0.3) is 0 Å². The second-order valence-corrected chi connectivity index (χ2v) is 3.82. The summed E-state index contributed by atoms with van der Waals surface area (Å²) in [6.45, 7) is 2.26. The van der Waals surface area contributed by atoms with Crippen LogP contribution in [0.2, 0.25) is 0 Å². The number of halogens is 1. The molecule has 0 radical (unpaired) electrons. The Labute approximate surface area is 109 Å². The van der Waals surface area contributed by atoms with Crippen LogP contribution < -0.4 is 0 Å². The van der Waals surface area contributed by atoms with Crippen molar-refractivity contribution in [2.24, 2.45) is 0 Å². The highest BCUT2D eigenvalue weighted by Gasteiger charge is 2.01. The van der Waals surface area contributed by atoms with E-state index in [4.69, 9.17) is 9.84 Å². The molecule has 0 saturated heterocycles. The maximum absolute atomic E-state index is 11.0. The van der Waals surface area contributed by atoms with Gasteiger partial charge in [-0.3, -0.25) is 9.59 Å². The number of carbonyl (C=O) groups is 2. The first-order valence-corrected chi connectivity index (χ1v) is 6.04. The van der Waals surface area contributed by atoms with E-state index >= 15 is 0 Å². The molecule has 0 aromatic carbocycles. The fraction of sp³-hybridized carbons (Fsp3) is 0.833. The summed E-state index contributed by atoms with van der Waals surface area (Å²) < 4.78 is 4.81. The minimum absolute atomic E-state index is 0. The molecule has 0 amide bonds. The van der Waals surface area contributed by atoms with Crippen LogP contribution in [0.3, 0.4) is 0 Å². The summed E-state index contributed by atoms with van der Waals surface area (Å²) in [6.07, 6.45) is 6.50. The van der Waals surface area contributed by atoms with Gasteiger partial charge in [-0.05, 0) is 19.8 Å². The normalized spacial score (nSPS) is 9.47. The third kappa shape index (κ3) is 15.2. The minimum atomic E-state index is -0.720. The van der Waals surface area contributed by atoms with Crippen molar-refractivity contribution in [2.75, 3.05) is 6.61 Å². The summed E-state index contributed by atoms with van der Waals surface area (Å²) in [5.41, 5.74) is 0. The van der Waals surface area contributed by atoms with Crippen LogP contribution in [0, 0.1) is 0 Å². The number of carboxylic acid groups (broad SMARTS) is 1. The highest BCUT2D eigenvalue weighted by molar-refractivity contribution is 5.85. The summed E-state index contributed by atoms with van der Waals surface area (Å²) in [6, 6.07) is 0. The molecule has 0 unspecified atom stereocenters. The summed E-state index contributed by atoms with van der Waals surface area (Å²) in [4.78, 5) is 21.2. The van der Waals surface area contributed by atoms with Crippen molar-refractivity contribution in [2.45, 2.75) is 58.3 Å². The zero-order valence-corrected chi connectivity index (χ0v) is 11.3. The van der Waals surface area contributed by atoms with Crippen molar-refractivity contribution in [3.8, 4) is 0 Å². The largest absolute Gasteiger partial charge is 0.481 e. The van der Waals surface area contributed by atoms with Crippen molar-refractivity contribution < 1.29 is 19.4 Å². The molecule has 0 aliphatic heterocycles. The Kier molecular flexibility index (Phi) is 14.5. The lowest BCUT2D eigenvalue weighted by molar-refractivity contribution is -0.143. The molecule has 0 aromatic rings. The molecule has 0 bridgehead atoms. The molecule has 0 saturated carbocycles. The van der Waals surface area contributed by atoms with Crippen LogP contribution in [-0.2, 0) is 14.3 Å². The summed E-state index contributed by atoms with van der Waals surface area (Å²) in [7, 11) is 0. The fourth-order valence-corrected chi connectivity index (χ4v) is 1.49. The van der Waals surface area contributed by atoms with Crippen LogP contribution >= 0.6 is 12.4 Å². The number of aliphatic carboxylic acids is 1. The summed E-state index contributed by atoms with van der Waals surface area (Å²) in [5, 5.41) is 8.41. The van der Waals surface area contributed by atoms with Crippen LogP contribution in [0.5, 0.6) is 0 Å². The number of hydrogen-bond acceptors (Lipinski definition) is 3. The monoisotopic (exact) mass is 266 g/mol. The van der Waals surface area contributed by atoms with Gasteiger partial charge in [-0.15, -0.1) is 12.4 Å². The van der Waals surface area contributed by atoms with Crippen LogP contribution in [0.25, 0.3) is 0 Å². The maximum Gasteiger partial charge on any atom is 0.305 e. The molecule has 0 atom stereocenters. The van der Waals surface area contributed by atoms with E-state index in [1.54, 1.807) is 6.92 Å². The third-order valence-corrected chi connectivity index (χ3v) is 2.33. The average molecular weight is 267 g/mol. The second-order valence-electron chi connectivity index (χ2n) is 3.82. The lowest BCUT2D eigenvalue weighted by atomic mass is 10.1. The predicted octanol–water partition coefficient (Wildman–Crippen LogP) is 3.18. The van der Waals surface area contributed by atoms with Gasteiger partial charge in [0.15, 0.2) is 0 Å². The van der Waals surface area contributed by atoms with E-state index < -0.39 is 5.97 Å². The SMILES string of the molecule is CCOC(=O)CCCCCCCCC(=O)O.Cl. The molecule has 1 N–H and O–H groups in total. The van der Waals surface area contributed by atoms with Gasteiger partial charge in [-0.25, -0.2) is 0 Å². The topological polar surface area (TPSA) is 63.6 Å². The van der Waals surface area contributed by atoms with Crippen molar-refractivity contribution in [1.29, 1.82) is 0 Å². The lowest BCUT2D eigenvalue weighted by Gasteiger charge is -2.02. The molecule has 17 heavy (non-hydrogen) atoms. The van der Waals surface area contributed by atoms with Crippen molar-refractivity contribution in [3.63, 3.8) is 0 Å². The number of ether oxygens (including phenoxy) is 1. The van der Waals surface area contributed by atoms with Gasteiger partial charge in [-0.1, -0.05) is 25.7 Å².